The molecule has 216 valence electrons. The molecule has 2 unspecified atom stereocenters. The van der Waals surface area contributed by atoms with Gasteiger partial charge in [-0.25, -0.2) is 0 Å². The molecular formula is C31H65NO3Si. The zero-order valence-electron chi connectivity index (χ0n) is 25.8. The second kappa shape index (κ2) is 20.6. The maximum atomic E-state index is 11.2. The van der Waals surface area contributed by atoms with Crippen LogP contribution in [-0.4, -0.2) is 50.0 Å². The van der Waals surface area contributed by atoms with E-state index in [4.69, 9.17) is 4.43 Å². The molecule has 0 saturated carbocycles. The number of carboxylic acids is 1. The molecule has 0 bridgehead atoms. The number of hydrogen-bond donors (Lipinski definition) is 1. The maximum Gasteiger partial charge on any atom is 0.303 e. The molecule has 4 nitrogen and oxygen atoms in total. The van der Waals surface area contributed by atoms with Crippen LogP contribution in [0.1, 0.15) is 144 Å². The van der Waals surface area contributed by atoms with E-state index in [1.165, 1.54) is 83.5 Å². The Hall–Kier alpha value is -0.393. The van der Waals surface area contributed by atoms with Gasteiger partial charge in [0, 0.05) is 19.5 Å². The molecule has 0 rings (SSSR count). The lowest BCUT2D eigenvalue weighted by atomic mass is 10.0. The van der Waals surface area contributed by atoms with Gasteiger partial charge in [0.25, 0.3) is 0 Å². The molecule has 0 spiro atoms. The van der Waals surface area contributed by atoms with Gasteiger partial charge in [-0.05, 0) is 49.9 Å². The zero-order valence-corrected chi connectivity index (χ0v) is 26.8. The van der Waals surface area contributed by atoms with Crippen molar-refractivity contribution in [2.45, 2.75) is 169 Å². The van der Waals surface area contributed by atoms with Gasteiger partial charge in [0.2, 0.25) is 0 Å². The smallest absolute Gasteiger partial charge is 0.303 e. The van der Waals surface area contributed by atoms with Gasteiger partial charge in [-0.2, -0.15) is 0 Å². The lowest BCUT2D eigenvalue weighted by Gasteiger charge is -2.41. The van der Waals surface area contributed by atoms with Gasteiger partial charge in [0.05, 0.1) is 6.10 Å². The third-order valence-corrected chi connectivity index (χ3v) is 12.6. The normalized spacial score (nSPS) is 14.4. The monoisotopic (exact) mass is 527 g/mol. The van der Waals surface area contributed by atoms with Gasteiger partial charge in [0.15, 0.2) is 8.32 Å². The van der Waals surface area contributed by atoms with E-state index in [0.717, 1.165) is 32.5 Å². The molecule has 0 aromatic carbocycles. The Morgan fingerprint density at radius 1 is 0.806 bits per heavy atom. The molecule has 0 aliphatic heterocycles. The molecule has 2 atom stereocenters. The molecule has 0 radical (unpaired) electrons. The van der Waals surface area contributed by atoms with Crippen LogP contribution < -0.4 is 0 Å². The van der Waals surface area contributed by atoms with Gasteiger partial charge in [-0.15, -0.1) is 0 Å². The first kappa shape index (κ1) is 35.6. The van der Waals surface area contributed by atoms with E-state index in [1.54, 1.807) is 0 Å². The molecule has 0 fully saturated rings. The number of nitrogens with zero attached hydrogens (tertiary/aromatic N) is 1. The topological polar surface area (TPSA) is 49.8 Å². The van der Waals surface area contributed by atoms with Crippen LogP contribution in [0.25, 0.3) is 0 Å². The summed E-state index contributed by atoms with van der Waals surface area (Å²) >= 11 is 0. The summed E-state index contributed by atoms with van der Waals surface area (Å²) in [6.07, 6.45) is 19.5. The highest BCUT2D eigenvalue weighted by atomic mass is 28.4. The molecule has 0 aromatic heterocycles. The number of hydrogen-bond acceptors (Lipinski definition) is 3. The summed E-state index contributed by atoms with van der Waals surface area (Å²) in [5.41, 5.74) is 0. The van der Waals surface area contributed by atoms with Gasteiger partial charge in [0.1, 0.15) is 0 Å². The highest BCUT2D eigenvalue weighted by Gasteiger charge is 2.39. The first-order valence-electron chi connectivity index (χ1n) is 15.5. The Kier molecular flexibility index (Phi) is 20.3. The number of carbonyl (C=O) groups is 1. The Bertz CT molecular complexity index is 532. The molecule has 0 aliphatic carbocycles. The summed E-state index contributed by atoms with van der Waals surface area (Å²) in [5, 5.41) is 9.40. The first-order valence-corrected chi connectivity index (χ1v) is 18.5. The number of aliphatic carboxylic acids is 1. The average Bonchev–Trinajstić information content (AvgIpc) is 2.77. The summed E-state index contributed by atoms with van der Waals surface area (Å²) in [6.45, 7) is 21.5. The molecule has 0 heterocycles. The Balaban J connectivity index is 5.09. The molecule has 0 aliphatic rings. The number of carboxylic acid groups (broad SMARTS) is 1. The fraction of sp³-hybridized carbons (Fsp3) is 0.968. The highest BCUT2D eigenvalue weighted by Crippen LogP contribution is 2.38. The summed E-state index contributed by atoms with van der Waals surface area (Å²) in [5.74, 6) is -0.0419. The Morgan fingerprint density at radius 3 is 1.81 bits per heavy atom. The minimum Gasteiger partial charge on any atom is -0.481 e. The third-order valence-electron chi connectivity index (χ3n) is 8.09. The van der Waals surface area contributed by atoms with E-state index in [2.05, 4.69) is 59.5 Å². The lowest BCUT2D eigenvalue weighted by Crippen LogP contribution is -2.47. The minimum atomic E-state index is -1.86. The van der Waals surface area contributed by atoms with Crippen molar-refractivity contribution in [2.75, 3.05) is 19.6 Å². The van der Waals surface area contributed by atoms with Gasteiger partial charge >= 0.3 is 5.97 Å². The summed E-state index contributed by atoms with van der Waals surface area (Å²) in [7, 11) is -1.86. The van der Waals surface area contributed by atoms with Crippen molar-refractivity contribution in [3.05, 3.63) is 0 Å². The van der Waals surface area contributed by atoms with E-state index < -0.39 is 14.3 Å². The molecule has 0 saturated heterocycles. The van der Waals surface area contributed by atoms with E-state index in [9.17, 15) is 9.90 Å². The largest absolute Gasteiger partial charge is 0.481 e. The van der Waals surface area contributed by atoms with Crippen molar-refractivity contribution >= 4 is 14.3 Å². The molecular weight excluding hydrogens is 462 g/mol. The molecule has 0 amide bonds. The van der Waals surface area contributed by atoms with Crippen LogP contribution >= 0.6 is 0 Å². The summed E-state index contributed by atoms with van der Waals surface area (Å²) < 4.78 is 6.99. The molecule has 36 heavy (non-hydrogen) atoms. The van der Waals surface area contributed by atoms with Crippen LogP contribution in [0.4, 0.5) is 0 Å². The Morgan fingerprint density at radius 2 is 1.31 bits per heavy atom. The second-order valence-electron chi connectivity index (χ2n) is 13.0. The van der Waals surface area contributed by atoms with Crippen molar-refractivity contribution in [3.8, 4) is 0 Å². The second-order valence-corrected chi connectivity index (χ2v) is 17.7. The van der Waals surface area contributed by atoms with Crippen LogP contribution in [0.2, 0.25) is 18.1 Å². The zero-order chi connectivity index (χ0) is 27.5. The molecule has 5 heteroatoms. The fourth-order valence-corrected chi connectivity index (χ4v) is 6.12. The van der Waals surface area contributed by atoms with Crippen LogP contribution in [-0.2, 0) is 9.22 Å². The SMILES string of the molecule is CCCCCCCCC(C)CN(CCCC(=O)O)CC(CCCCCCCC)O[Si](C)(C)C(C)(C)C. The minimum absolute atomic E-state index is 0.200. The third kappa shape index (κ3) is 18.8. The van der Waals surface area contributed by atoms with Crippen molar-refractivity contribution in [1.82, 2.24) is 4.90 Å². The standard InChI is InChI=1S/C31H65NO3Si/c1-9-11-13-15-17-19-22-28(3)26-32(25-21-24-30(33)34)27-29(23-20-18-16-14-12-10-2)35-36(7,8)31(4,5)6/h28-29H,9-27H2,1-8H3,(H,33,34). The Labute approximate surface area is 227 Å². The van der Waals surface area contributed by atoms with Crippen molar-refractivity contribution < 1.29 is 14.3 Å². The number of rotatable bonds is 24. The van der Waals surface area contributed by atoms with Crippen LogP contribution in [0.15, 0.2) is 0 Å². The maximum absolute atomic E-state index is 11.2. The lowest BCUT2D eigenvalue weighted by molar-refractivity contribution is -0.137. The van der Waals surface area contributed by atoms with E-state index in [1.807, 2.05) is 0 Å². The van der Waals surface area contributed by atoms with E-state index in [-0.39, 0.29) is 17.6 Å². The predicted octanol–water partition coefficient (Wildman–Crippen LogP) is 9.68. The highest BCUT2D eigenvalue weighted by molar-refractivity contribution is 6.74. The fourth-order valence-electron chi connectivity index (χ4n) is 4.74. The van der Waals surface area contributed by atoms with Gasteiger partial charge in [-0.3, -0.25) is 4.79 Å². The van der Waals surface area contributed by atoms with Crippen LogP contribution in [0.3, 0.4) is 0 Å². The van der Waals surface area contributed by atoms with Gasteiger partial charge in [-0.1, -0.05) is 119 Å². The molecule has 1 N–H and O–H groups in total. The number of unbranched alkanes of at least 4 members (excludes halogenated alkanes) is 10. The average molecular weight is 528 g/mol. The first-order chi connectivity index (χ1) is 16.9. The van der Waals surface area contributed by atoms with Crippen molar-refractivity contribution in [3.63, 3.8) is 0 Å². The van der Waals surface area contributed by atoms with Gasteiger partial charge < -0.3 is 14.4 Å². The van der Waals surface area contributed by atoms with Crippen molar-refractivity contribution in [2.24, 2.45) is 5.92 Å². The quantitative estimate of drug-likeness (QED) is 0.100. The van der Waals surface area contributed by atoms with E-state index in [0.29, 0.717) is 5.92 Å². The van der Waals surface area contributed by atoms with E-state index >= 15 is 0 Å². The summed E-state index contributed by atoms with van der Waals surface area (Å²) in [6, 6.07) is 0. The predicted molar refractivity (Wildman–Crippen MR) is 161 cm³/mol. The van der Waals surface area contributed by atoms with Crippen molar-refractivity contribution in [1.29, 1.82) is 0 Å². The van der Waals surface area contributed by atoms with Crippen LogP contribution in [0.5, 0.6) is 0 Å². The summed E-state index contributed by atoms with van der Waals surface area (Å²) in [4.78, 5) is 13.7. The molecule has 0 aromatic rings. The van der Waals surface area contributed by atoms with Crippen LogP contribution in [0, 0.1) is 5.92 Å².